The van der Waals surface area contributed by atoms with Gasteiger partial charge in [-0.05, 0) is 30.2 Å². The molecule has 2 atom stereocenters. The van der Waals surface area contributed by atoms with E-state index < -0.39 is 4.83 Å². The number of carbonyl (C=O) groups excluding carboxylic acids is 1. The Hall–Kier alpha value is -2.28. The number of nitrogens with zero attached hydrogens (tertiary/aromatic N) is 4. The molecule has 2 unspecified atom stereocenters. The number of halogens is 1. The summed E-state index contributed by atoms with van der Waals surface area (Å²) in [5, 5.41) is 3.30. The molecule has 7 heteroatoms. The highest BCUT2D eigenvalue weighted by molar-refractivity contribution is 9.10. The number of amides is 1. The lowest BCUT2D eigenvalue weighted by Gasteiger charge is -2.37. The Kier molecular flexibility index (Phi) is 5.20. The van der Waals surface area contributed by atoms with Crippen molar-refractivity contribution in [2.75, 3.05) is 0 Å². The predicted molar refractivity (Wildman–Crippen MR) is 95.5 cm³/mol. The number of amidine groups is 1. The van der Waals surface area contributed by atoms with Gasteiger partial charge < -0.3 is 10.2 Å². The third-order valence-electron chi connectivity index (χ3n) is 3.79. The second-order valence-corrected chi connectivity index (χ2v) is 6.49. The monoisotopic (exact) mass is 387 g/mol. The van der Waals surface area contributed by atoms with Crippen molar-refractivity contribution in [2.24, 2.45) is 4.99 Å². The molecule has 6 nitrogen and oxygen atoms in total. The van der Waals surface area contributed by atoms with E-state index in [9.17, 15) is 4.79 Å². The van der Waals surface area contributed by atoms with Crippen molar-refractivity contribution in [1.29, 1.82) is 0 Å². The van der Waals surface area contributed by atoms with Crippen LogP contribution in [0.4, 0.5) is 0 Å². The van der Waals surface area contributed by atoms with Crippen LogP contribution in [0.1, 0.15) is 18.1 Å². The topological polar surface area (TPSA) is 70.5 Å². The molecule has 0 saturated carbocycles. The fourth-order valence-corrected chi connectivity index (χ4v) is 3.06. The normalized spacial score (nSPS) is 22.5. The third kappa shape index (κ3) is 3.79. The molecule has 0 spiro atoms. The van der Waals surface area contributed by atoms with Crippen LogP contribution in [0, 0.1) is 0 Å². The van der Waals surface area contributed by atoms with Crippen LogP contribution in [0.25, 0.3) is 0 Å². The van der Waals surface area contributed by atoms with E-state index in [1.165, 1.54) is 0 Å². The Labute approximate surface area is 149 Å². The predicted octanol–water partition coefficient (Wildman–Crippen LogP) is 2.12. The van der Waals surface area contributed by atoms with Crippen LogP contribution in [0.2, 0.25) is 0 Å². The second kappa shape index (κ2) is 7.53. The molecular formula is C17H18BrN5O. The van der Waals surface area contributed by atoms with Crippen LogP contribution in [-0.4, -0.2) is 37.6 Å². The van der Waals surface area contributed by atoms with Gasteiger partial charge in [0.05, 0.1) is 6.54 Å². The number of rotatable bonds is 4. The van der Waals surface area contributed by atoms with E-state index in [1.54, 1.807) is 29.7 Å². The molecule has 1 aliphatic rings. The summed E-state index contributed by atoms with van der Waals surface area (Å²) in [5.74, 6) is 0.647. The van der Waals surface area contributed by atoms with Crippen molar-refractivity contribution in [1.82, 2.24) is 20.2 Å². The molecule has 0 radical (unpaired) electrons. The van der Waals surface area contributed by atoms with Crippen molar-refractivity contribution < 1.29 is 4.79 Å². The molecule has 24 heavy (non-hydrogen) atoms. The maximum atomic E-state index is 12.7. The molecular weight excluding hydrogens is 370 g/mol. The fourth-order valence-electron chi connectivity index (χ4n) is 2.52. The number of nitrogens with one attached hydrogen (secondary N) is 1. The van der Waals surface area contributed by atoms with Crippen LogP contribution in [0.15, 0.2) is 54.0 Å². The summed E-state index contributed by atoms with van der Waals surface area (Å²) in [4.78, 5) is 26.7. The number of alkyl halides is 1. The van der Waals surface area contributed by atoms with Gasteiger partial charge in [-0.1, -0.05) is 28.1 Å². The number of hydrogen-bond donors (Lipinski definition) is 1. The van der Waals surface area contributed by atoms with Crippen molar-refractivity contribution in [3.63, 3.8) is 0 Å². The van der Waals surface area contributed by atoms with Crippen molar-refractivity contribution in [3.05, 3.63) is 60.2 Å². The molecule has 3 heterocycles. The van der Waals surface area contributed by atoms with Gasteiger partial charge >= 0.3 is 0 Å². The Balaban J connectivity index is 1.71. The number of hydrogen-bond acceptors (Lipinski definition) is 4. The Morgan fingerprint density at radius 2 is 1.88 bits per heavy atom. The van der Waals surface area contributed by atoms with Gasteiger partial charge in [0, 0.05) is 31.3 Å². The highest BCUT2D eigenvalue weighted by Crippen LogP contribution is 2.18. The van der Waals surface area contributed by atoms with Gasteiger partial charge in [-0.2, -0.15) is 0 Å². The van der Waals surface area contributed by atoms with Crippen LogP contribution in [0.3, 0.4) is 0 Å². The summed E-state index contributed by atoms with van der Waals surface area (Å²) >= 11 is 3.46. The minimum Gasteiger partial charge on any atom is -0.353 e. The fraction of sp³-hybridized carbons (Fsp3) is 0.294. The summed E-state index contributed by atoms with van der Waals surface area (Å²) in [7, 11) is 0. The van der Waals surface area contributed by atoms with Gasteiger partial charge in [0.2, 0.25) is 5.91 Å². The first-order valence-electron chi connectivity index (χ1n) is 7.68. The van der Waals surface area contributed by atoms with E-state index >= 15 is 0 Å². The first-order valence-corrected chi connectivity index (χ1v) is 8.60. The first-order chi connectivity index (χ1) is 11.6. The number of carbonyl (C=O) groups is 1. The zero-order chi connectivity index (χ0) is 16.9. The van der Waals surface area contributed by atoms with Gasteiger partial charge in [-0.25, -0.2) is 0 Å². The number of aliphatic imine (C=N–C) groups is 1. The Bertz CT molecular complexity index is 722. The Morgan fingerprint density at radius 3 is 2.50 bits per heavy atom. The standard InChI is InChI=1S/C17H18BrN5O/c1-12-22-16(21-10-13-4-2-6-19-8-13)15(18)17(24)23(12)11-14-5-3-7-20-9-14/h2-9,12,15H,10-11H2,1H3,(H,21,22). The van der Waals surface area contributed by atoms with E-state index in [4.69, 9.17) is 0 Å². The van der Waals surface area contributed by atoms with Crippen LogP contribution in [-0.2, 0) is 17.9 Å². The van der Waals surface area contributed by atoms with Gasteiger partial charge in [-0.15, -0.1) is 0 Å². The van der Waals surface area contributed by atoms with Gasteiger partial charge in [-0.3, -0.25) is 19.8 Å². The molecule has 1 amide bonds. The molecule has 1 N–H and O–H groups in total. The highest BCUT2D eigenvalue weighted by atomic mass is 79.9. The van der Waals surface area contributed by atoms with Crippen molar-refractivity contribution in [2.45, 2.75) is 31.0 Å². The summed E-state index contributed by atoms with van der Waals surface area (Å²) < 4.78 is 0. The average molecular weight is 388 g/mol. The first kappa shape index (κ1) is 16.6. The summed E-state index contributed by atoms with van der Waals surface area (Å²) in [6.45, 7) is 2.95. The third-order valence-corrected chi connectivity index (χ3v) is 4.62. The van der Waals surface area contributed by atoms with Gasteiger partial charge in [0.15, 0.2) is 4.83 Å². The SMILES string of the molecule is CC1NC(=NCc2cccnc2)C(Br)C(=O)N1Cc1cccnc1. The molecule has 0 aliphatic carbocycles. The highest BCUT2D eigenvalue weighted by Gasteiger charge is 2.35. The van der Waals surface area contributed by atoms with Crippen molar-refractivity contribution >= 4 is 27.7 Å². The van der Waals surface area contributed by atoms with Crippen LogP contribution >= 0.6 is 15.9 Å². The molecule has 2 aromatic heterocycles. The van der Waals surface area contributed by atoms with E-state index in [0.29, 0.717) is 18.9 Å². The van der Waals surface area contributed by atoms with Crippen molar-refractivity contribution in [3.8, 4) is 0 Å². The number of aromatic nitrogens is 2. The van der Waals surface area contributed by atoms with Crippen LogP contribution in [0.5, 0.6) is 0 Å². The zero-order valence-corrected chi connectivity index (χ0v) is 14.8. The molecule has 3 rings (SSSR count). The summed E-state index contributed by atoms with van der Waals surface area (Å²) in [6.07, 6.45) is 6.86. The van der Waals surface area contributed by atoms with Gasteiger partial charge in [0.1, 0.15) is 12.0 Å². The maximum Gasteiger partial charge on any atom is 0.245 e. The quantitative estimate of drug-likeness (QED) is 0.815. The minimum absolute atomic E-state index is 0.00459. The second-order valence-electron chi connectivity index (χ2n) is 5.57. The van der Waals surface area contributed by atoms with E-state index in [-0.39, 0.29) is 12.1 Å². The molecule has 1 fully saturated rings. The molecule has 1 saturated heterocycles. The lowest BCUT2D eigenvalue weighted by molar-refractivity contribution is -0.133. The van der Waals surface area contributed by atoms with E-state index in [0.717, 1.165) is 11.1 Å². The molecule has 0 aromatic carbocycles. The smallest absolute Gasteiger partial charge is 0.245 e. The van der Waals surface area contributed by atoms with E-state index in [1.807, 2.05) is 31.2 Å². The average Bonchev–Trinajstić information content (AvgIpc) is 2.62. The summed E-state index contributed by atoms with van der Waals surface area (Å²) in [6, 6.07) is 7.67. The molecule has 124 valence electrons. The maximum absolute atomic E-state index is 12.7. The summed E-state index contributed by atoms with van der Waals surface area (Å²) in [5.41, 5.74) is 2.00. The molecule has 1 aliphatic heterocycles. The number of pyridine rings is 2. The molecule has 2 aromatic rings. The molecule has 0 bridgehead atoms. The van der Waals surface area contributed by atoms with Gasteiger partial charge in [0.25, 0.3) is 0 Å². The Morgan fingerprint density at radius 1 is 1.21 bits per heavy atom. The lowest BCUT2D eigenvalue weighted by atomic mass is 10.2. The van der Waals surface area contributed by atoms with E-state index in [2.05, 4.69) is 36.2 Å². The minimum atomic E-state index is -0.470. The zero-order valence-electron chi connectivity index (χ0n) is 13.3. The van der Waals surface area contributed by atoms with Crippen LogP contribution < -0.4 is 5.32 Å². The lowest BCUT2D eigenvalue weighted by Crippen LogP contribution is -2.60. The largest absolute Gasteiger partial charge is 0.353 e.